The van der Waals surface area contributed by atoms with Crippen molar-refractivity contribution in [3.8, 4) is 0 Å². The smallest absolute Gasteiger partial charge is 0.345 e. The Morgan fingerprint density at radius 1 is 0.889 bits per heavy atom. The lowest BCUT2D eigenvalue weighted by Crippen LogP contribution is -2.17. The molecule has 3 aromatic heterocycles. The molecular weight excluding hydrogens is 494 g/mol. The maximum absolute atomic E-state index is 11.5. The molecular formula is C27H19N3O4S2. The Labute approximate surface area is 213 Å². The van der Waals surface area contributed by atoms with Crippen molar-refractivity contribution in [1.82, 2.24) is 4.98 Å². The number of hydrogen-bond donors (Lipinski definition) is 3. The van der Waals surface area contributed by atoms with Gasteiger partial charge >= 0.3 is 11.9 Å². The summed E-state index contributed by atoms with van der Waals surface area (Å²) in [4.78, 5) is 28.5. The number of allylic oxidation sites excluding steroid dienone is 1. The van der Waals surface area contributed by atoms with Gasteiger partial charge in [0.1, 0.15) is 9.75 Å². The van der Waals surface area contributed by atoms with Crippen LogP contribution in [0.5, 0.6) is 0 Å². The van der Waals surface area contributed by atoms with E-state index >= 15 is 0 Å². The number of hydrazone groups is 1. The van der Waals surface area contributed by atoms with E-state index in [2.05, 4.69) is 17.1 Å². The van der Waals surface area contributed by atoms with Gasteiger partial charge in [0.15, 0.2) is 0 Å². The third kappa shape index (κ3) is 3.98. The van der Waals surface area contributed by atoms with Crippen LogP contribution in [0, 0.1) is 0 Å². The van der Waals surface area contributed by atoms with Gasteiger partial charge in [-0.05, 0) is 60.7 Å². The van der Waals surface area contributed by atoms with Gasteiger partial charge in [-0.1, -0.05) is 18.2 Å². The number of aromatic carboxylic acids is 2. The molecule has 9 heteroatoms. The Morgan fingerprint density at radius 3 is 2.42 bits per heavy atom. The maximum Gasteiger partial charge on any atom is 0.345 e. The van der Waals surface area contributed by atoms with E-state index < -0.39 is 11.9 Å². The quantitative estimate of drug-likeness (QED) is 0.230. The van der Waals surface area contributed by atoms with Gasteiger partial charge in [0.05, 0.1) is 17.4 Å². The van der Waals surface area contributed by atoms with Gasteiger partial charge in [-0.2, -0.15) is 5.10 Å². The monoisotopic (exact) mass is 513 g/mol. The van der Waals surface area contributed by atoms with Crippen LogP contribution < -0.4 is 5.01 Å². The molecule has 5 aromatic rings. The molecule has 1 atom stereocenters. The molecule has 0 aliphatic carbocycles. The molecule has 36 heavy (non-hydrogen) atoms. The van der Waals surface area contributed by atoms with E-state index in [-0.39, 0.29) is 10.9 Å². The van der Waals surface area contributed by atoms with E-state index in [1.54, 1.807) is 18.2 Å². The molecule has 7 nitrogen and oxygen atoms in total. The summed E-state index contributed by atoms with van der Waals surface area (Å²) in [6.45, 7) is 0. The van der Waals surface area contributed by atoms with Gasteiger partial charge in [-0.15, -0.1) is 22.7 Å². The van der Waals surface area contributed by atoms with Gasteiger partial charge in [0, 0.05) is 38.0 Å². The number of thiophene rings is 2. The molecule has 1 unspecified atom stereocenters. The normalized spacial score (nSPS) is 15.8. The molecule has 0 saturated carbocycles. The highest BCUT2D eigenvalue weighted by Crippen LogP contribution is 2.40. The minimum absolute atomic E-state index is 0.150. The van der Waals surface area contributed by atoms with Crippen molar-refractivity contribution in [2.45, 2.75) is 12.5 Å². The summed E-state index contributed by atoms with van der Waals surface area (Å²) in [6, 6.07) is 21.0. The summed E-state index contributed by atoms with van der Waals surface area (Å²) in [7, 11) is 0. The summed E-state index contributed by atoms with van der Waals surface area (Å²) < 4.78 is 0. The zero-order valence-electron chi connectivity index (χ0n) is 18.7. The van der Waals surface area contributed by atoms with E-state index in [0.717, 1.165) is 43.0 Å². The molecule has 0 amide bonds. The van der Waals surface area contributed by atoms with Gasteiger partial charge in [-0.25, -0.2) is 9.59 Å². The largest absolute Gasteiger partial charge is 0.477 e. The number of aromatic amines is 1. The van der Waals surface area contributed by atoms with Crippen LogP contribution in [0.15, 0.2) is 77.9 Å². The van der Waals surface area contributed by atoms with Crippen molar-refractivity contribution >= 4 is 73.9 Å². The molecule has 0 saturated heterocycles. The minimum atomic E-state index is -0.941. The Bertz CT molecular complexity index is 1710. The second-order valence-electron chi connectivity index (χ2n) is 8.40. The number of rotatable bonds is 6. The molecule has 2 aromatic carbocycles. The number of carboxylic acids is 2. The molecule has 0 bridgehead atoms. The standard InChI is InChI=1S/C27H19N3O4S2/c31-26(32)24-10-8-17(35-24)7-5-15-13-22(23-11-12-25(36-23)27(33)34)30(29-15)16-6-9-21-19(14-16)18-3-1-2-4-20(18)28-21/h1-12,14,22,28H,13H2,(H,31,32)(H,33,34)/b7-5+. The fraction of sp³-hybridized carbons (Fsp3) is 0.0741. The zero-order valence-corrected chi connectivity index (χ0v) is 20.3. The van der Waals surface area contributed by atoms with Crippen LogP contribution in [0.4, 0.5) is 5.69 Å². The van der Waals surface area contributed by atoms with Crippen LogP contribution in [-0.2, 0) is 0 Å². The third-order valence-electron chi connectivity index (χ3n) is 6.13. The van der Waals surface area contributed by atoms with Crippen molar-refractivity contribution in [1.29, 1.82) is 0 Å². The van der Waals surface area contributed by atoms with Crippen LogP contribution in [0.2, 0.25) is 0 Å². The second kappa shape index (κ2) is 8.78. The van der Waals surface area contributed by atoms with E-state index in [1.807, 2.05) is 53.6 Å². The Balaban J connectivity index is 1.39. The van der Waals surface area contributed by atoms with Crippen LogP contribution in [0.3, 0.4) is 0 Å². The average Bonchev–Trinajstić information content (AvgIpc) is 3.66. The number of aromatic nitrogens is 1. The highest BCUT2D eigenvalue weighted by molar-refractivity contribution is 7.14. The number of nitrogens with one attached hydrogen (secondary N) is 1. The number of carbonyl (C=O) groups is 2. The first-order valence-corrected chi connectivity index (χ1v) is 12.8. The number of benzene rings is 2. The van der Waals surface area contributed by atoms with Gasteiger partial charge in [0.2, 0.25) is 0 Å². The highest BCUT2D eigenvalue weighted by Gasteiger charge is 2.30. The van der Waals surface area contributed by atoms with Crippen LogP contribution in [-0.4, -0.2) is 32.8 Å². The number of H-pyrrole nitrogens is 1. The Morgan fingerprint density at radius 2 is 1.64 bits per heavy atom. The first-order chi connectivity index (χ1) is 17.5. The molecule has 4 heterocycles. The van der Waals surface area contributed by atoms with E-state index in [4.69, 9.17) is 5.10 Å². The molecule has 0 fully saturated rings. The maximum atomic E-state index is 11.5. The van der Waals surface area contributed by atoms with Crippen molar-refractivity contribution in [2.75, 3.05) is 5.01 Å². The predicted molar refractivity (Wildman–Crippen MR) is 145 cm³/mol. The topological polar surface area (TPSA) is 106 Å². The van der Waals surface area contributed by atoms with E-state index in [9.17, 15) is 19.8 Å². The van der Waals surface area contributed by atoms with E-state index in [1.165, 1.54) is 22.7 Å². The zero-order chi connectivity index (χ0) is 24.8. The number of para-hydroxylation sites is 1. The van der Waals surface area contributed by atoms with Crippen molar-refractivity contribution < 1.29 is 19.8 Å². The minimum Gasteiger partial charge on any atom is -0.477 e. The molecule has 3 N–H and O–H groups in total. The summed E-state index contributed by atoms with van der Waals surface area (Å²) in [5.41, 5.74) is 3.84. The highest BCUT2D eigenvalue weighted by atomic mass is 32.1. The Hall–Kier alpha value is -4.21. The summed E-state index contributed by atoms with van der Waals surface area (Å²) in [5.74, 6) is -1.88. The number of anilines is 1. The molecule has 178 valence electrons. The van der Waals surface area contributed by atoms with Crippen molar-refractivity contribution in [3.05, 3.63) is 92.3 Å². The number of carboxylic acid groups (broad SMARTS) is 2. The lowest BCUT2D eigenvalue weighted by Gasteiger charge is -2.22. The molecule has 0 radical (unpaired) electrons. The predicted octanol–water partition coefficient (Wildman–Crippen LogP) is 6.86. The number of hydrogen-bond acceptors (Lipinski definition) is 6. The van der Waals surface area contributed by atoms with Crippen LogP contribution in [0.25, 0.3) is 27.9 Å². The summed E-state index contributed by atoms with van der Waals surface area (Å²) in [5, 5.41) is 27.7. The third-order valence-corrected chi connectivity index (χ3v) is 8.34. The van der Waals surface area contributed by atoms with Crippen LogP contribution in [0.1, 0.15) is 41.6 Å². The van der Waals surface area contributed by atoms with Crippen LogP contribution >= 0.6 is 22.7 Å². The van der Waals surface area contributed by atoms with Gasteiger partial charge < -0.3 is 15.2 Å². The summed E-state index contributed by atoms with van der Waals surface area (Å²) >= 11 is 2.47. The van der Waals surface area contributed by atoms with Crippen molar-refractivity contribution in [3.63, 3.8) is 0 Å². The first kappa shape index (κ1) is 22.3. The molecule has 1 aliphatic rings. The number of fused-ring (bicyclic) bond motifs is 3. The van der Waals surface area contributed by atoms with Gasteiger partial charge in [-0.3, -0.25) is 5.01 Å². The Kier molecular flexibility index (Phi) is 5.43. The second-order valence-corrected chi connectivity index (χ2v) is 10.6. The first-order valence-electron chi connectivity index (χ1n) is 11.2. The number of nitrogens with zero attached hydrogens (tertiary/aromatic N) is 2. The SMILES string of the molecule is O=C(O)c1ccc(/C=C/C2=NN(c3ccc4[nH]c5ccccc5c4c3)C(c3ccc(C(=O)O)s3)C2)s1. The molecule has 0 spiro atoms. The molecule has 1 aliphatic heterocycles. The molecule has 6 rings (SSSR count). The fourth-order valence-electron chi connectivity index (χ4n) is 4.45. The lowest BCUT2D eigenvalue weighted by molar-refractivity contribution is 0.0691. The van der Waals surface area contributed by atoms with E-state index in [0.29, 0.717) is 11.3 Å². The average molecular weight is 514 g/mol. The summed E-state index contributed by atoms with van der Waals surface area (Å²) in [6.07, 6.45) is 4.37. The van der Waals surface area contributed by atoms with Crippen molar-refractivity contribution in [2.24, 2.45) is 5.10 Å². The fourth-order valence-corrected chi connectivity index (χ4v) is 6.14. The lowest BCUT2D eigenvalue weighted by atomic mass is 10.1. The van der Waals surface area contributed by atoms with Gasteiger partial charge in [0.25, 0.3) is 0 Å².